The first-order valence-electron chi connectivity index (χ1n) is 13.1. The Kier molecular flexibility index (Phi) is 9.67. The van der Waals surface area contributed by atoms with Crippen LogP contribution in [0.1, 0.15) is 37.3 Å². The minimum Gasteiger partial charge on any atom is -0.493 e. The number of rotatable bonds is 12. The second-order valence-corrected chi connectivity index (χ2v) is 8.98. The Hall–Kier alpha value is -4.90. The molecule has 2 N–H and O–H groups in total. The van der Waals surface area contributed by atoms with Crippen molar-refractivity contribution in [2.24, 2.45) is 5.73 Å². The van der Waals surface area contributed by atoms with Crippen LogP contribution in [0.25, 0.3) is 0 Å². The first-order valence-corrected chi connectivity index (χ1v) is 13.1. The lowest BCUT2D eigenvalue weighted by molar-refractivity contribution is -0.139. The van der Waals surface area contributed by atoms with Gasteiger partial charge in [-0.15, -0.1) is 0 Å². The van der Waals surface area contributed by atoms with Gasteiger partial charge >= 0.3 is 5.97 Å². The van der Waals surface area contributed by atoms with Crippen LogP contribution >= 0.6 is 0 Å². The predicted octanol–water partition coefficient (Wildman–Crippen LogP) is 5.76. The summed E-state index contributed by atoms with van der Waals surface area (Å²) in [5.41, 5.74) is 8.20. The second kappa shape index (κ2) is 13.8. The molecule has 206 valence electrons. The number of nitrogens with zero attached hydrogens (tertiary/aromatic N) is 1. The average Bonchev–Trinajstić information content (AvgIpc) is 2.97. The molecule has 1 unspecified atom stereocenters. The first-order chi connectivity index (χ1) is 19.5. The molecule has 1 heterocycles. The van der Waals surface area contributed by atoms with Crippen LogP contribution in [0.3, 0.4) is 0 Å². The standard InChI is InChI=1S/C32H32N2O6/c1-3-36-32(35)29-22(2)40-31(34)28(20-33)30(29)24-10-12-25(13-11-24)37-18-7-19-38-26-14-16-27(17-15-26)39-21-23-8-5-4-6-9-23/h4-6,8-17,30H,3,7,18-19,21,34H2,1-2H3. The number of hydrogen-bond acceptors (Lipinski definition) is 8. The molecule has 0 aromatic heterocycles. The largest absolute Gasteiger partial charge is 0.493 e. The van der Waals surface area contributed by atoms with Gasteiger partial charge in [-0.1, -0.05) is 42.5 Å². The fourth-order valence-corrected chi connectivity index (χ4v) is 4.26. The molecular weight excluding hydrogens is 508 g/mol. The second-order valence-electron chi connectivity index (χ2n) is 8.98. The first kappa shape index (κ1) is 28.1. The van der Waals surface area contributed by atoms with Crippen LogP contribution in [-0.2, 0) is 20.9 Å². The summed E-state index contributed by atoms with van der Waals surface area (Å²) >= 11 is 0. The molecule has 0 radical (unpaired) electrons. The van der Waals surface area contributed by atoms with Gasteiger partial charge in [-0.3, -0.25) is 0 Å². The summed E-state index contributed by atoms with van der Waals surface area (Å²) in [6, 6.07) is 26.8. The quantitative estimate of drug-likeness (QED) is 0.228. The van der Waals surface area contributed by atoms with Gasteiger partial charge in [0.15, 0.2) is 0 Å². The molecule has 1 atom stereocenters. The summed E-state index contributed by atoms with van der Waals surface area (Å²) in [6.07, 6.45) is 0.681. The van der Waals surface area contributed by atoms with Crippen LogP contribution in [0.2, 0.25) is 0 Å². The van der Waals surface area contributed by atoms with Crippen molar-refractivity contribution in [2.75, 3.05) is 19.8 Å². The van der Waals surface area contributed by atoms with Crippen molar-refractivity contribution in [3.63, 3.8) is 0 Å². The highest BCUT2D eigenvalue weighted by molar-refractivity contribution is 5.92. The summed E-state index contributed by atoms with van der Waals surface area (Å²) in [7, 11) is 0. The number of hydrogen-bond donors (Lipinski definition) is 1. The van der Waals surface area contributed by atoms with Crippen molar-refractivity contribution < 1.29 is 28.5 Å². The Morgan fingerprint density at radius 1 is 0.900 bits per heavy atom. The molecule has 8 nitrogen and oxygen atoms in total. The van der Waals surface area contributed by atoms with Gasteiger partial charge in [0.05, 0.1) is 31.3 Å². The van der Waals surface area contributed by atoms with Gasteiger partial charge in [0.25, 0.3) is 0 Å². The van der Waals surface area contributed by atoms with E-state index in [1.54, 1.807) is 38.1 Å². The molecular formula is C32H32N2O6. The third-order valence-corrected chi connectivity index (χ3v) is 6.21. The Morgan fingerprint density at radius 3 is 2.05 bits per heavy atom. The number of nitriles is 1. The molecule has 8 heteroatoms. The van der Waals surface area contributed by atoms with Gasteiger partial charge < -0.3 is 29.4 Å². The van der Waals surface area contributed by atoms with Crippen LogP contribution in [0.15, 0.2) is 102 Å². The highest BCUT2D eigenvalue weighted by atomic mass is 16.5. The number of ether oxygens (including phenoxy) is 5. The van der Waals surface area contributed by atoms with E-state index in [1.165, 1.54) is 0 Å². The summed E-state index contributed by atoms with van der Waals surface area (Å²) in [4.78, 5) is 12.7. The van der Waals surface area contributed by atoms with Gasteiger partial charge in [-0.25, -0.2) is 4.79 Å². The van der Waals surface area contributed by atoms with Gasteiger partial charge in [-0.2, -0.15) is 5.26 Å². The summed E-state index contributed by atoms with van der Waals surface area (Å²) < 4.78 is 28.1. The zero-order valence-corrected chi connectivity index (χ0v) is 22.6. The highest BCUT2D eigenvalue weighted by Gasteiger charge is 2.36. The molecule has 0 saturated carbocycles. The van der Waals surface area contributed by atoms with Gasteiger partial charge in [0.1, 0.15) is 41.3 Å². The van der Waals surface area contributed by atoms with E-state index in [1.807, 2.05) is 54.6 Å². The van der Waals surface area contributed by atoms with Crippen LogP contribution in [0, 0.1) is 11.3 Å². The normalized spacial score (nSPS) is 14.7. The molecule has 1 aliphatic rings. The van der Waals surface area contributed by atoms with Crippen molar-refractivity contribution in [2.45, 2.75) is 32.8 Å². The fraction of sp³-hybridized carbons (Fsp3) is 0.250. The number of allylic oxidation sites excluding steroid dienone is 2. The maximum absolute atomic E-state index is 12.7. The molecule has 0 bridgehead atoms. The van der Waals surface area contributed by atoms with Crippen molar-refractivity contribution in [1.29, 1.82) is 5.26 Å². The summed E-state index contributed by atoms with van der Waals surface area (Å²) in [5, 5.41) is 9.71. The monoisotopic (exact) mass is 540 g/mol. The zero-order chi connectivity index (χ0) is 28.3. The van der Waals surface area contributed by atoms with E-state index >= 15 is 0 Å². The Morgan fingerprint density at radius 2 is 1.48 bits per heavy atom. The highest BCUT2D eigenvalue weighted by Crippen LogP contribution is 2.40. The number of esters is 1. The van der Waals surface area contributed by atoms with Crippen LogP contribution in [0.5, 0.6) is 17.2 Å². The smallest absolute Gasteiger partial charge is 0.338 e. The van der Waals surface area contributed by atoms with E-state index in [4.69, 9.17) is 29.4 Å². The van der Waals surface area contributed by atoms with Crippen LogP contribution in [-0.4, -0.2) is 25.8 Å². The molecule has 3 aromatic carbocycles. The average molecular weight is 541 g/mol. The lowest BCUT2D eigenvalue weighted by atomic mass is 9.83. The van der Waals surface area contributed by atoms with Crippen molar-refractivity contribution in [3.8, 4) is 23.3 Å². The molecule has 3 aromatic rings. The van der Waals surface area contributed by atoms with Crippen molar-refractivity contribution in [3.05, 3.63) is 113 Å². The lowest BCUT2D eigenvalue weighted by Crippen LogP contribution is -2.25. The minimum atomic E-state index is -0.685. The third-order valence-electron chi connectivity index (χ3n) is 6.21. The molecule has 0 fully saturated rings. The Bertz CT molecular complexity index is 1390. The van der Waals surface area contributed by atoms with Crippen molar-refractivity contribution >= 4 is 5.97 Å². The van der Waals surface area contributed by atoms with E-state index in [9.17, 15) is 10.1 Å². The molecule has 4 rings (SSSR count). The molecule has 0 spiro atoms. The number of carbonyl (C=O) groups excluding carboxylic acids is 1. The maximum Gasteiger partial charge on any atom is 0.338 e. The van der Waals surface area contributed by atoms with E-state index in [-0.39, 0.29) is 23.6 Å². The van der Waals surface area contributed by atoms with E-state index in [0.29, 0.717) is 43.3 Å². The van der Waals surface area contributed by atoms with E-state index < -0.39 is 11.9 Å². The van der Waals surface area contributed by atoms with E-state index in [2.05, 4.69) is 6.07 Å². The predicted molar refractivity (Wildman–Crippen MR) is 149 cm³/mol. The van der Waals surface area contributed by atoms with Crippen LogP contribution in [0.4, 0.5) is 0 Å². The molecule has 0 saturated heterocycles. The molecule has 1 aliphatic heterocycles. The Balaban J connectivity index is 1.26. The number of benzene rings is 3. The topological polar surface area (TPSA) is 113 Å². The van der Waals surface area contributed by atoms with Gasteiger partial charge in [0.2, 0.25) is 5.88 Å². The molecule has 0 amide bonds. The minimum absolute atomic E-state index is 0.0206. The van der Waals surface area contributed by atoms with Crippen LogP contribution < -0.4 is 19.9 Å². The van der Waals surface area contributed by atoms with Gasteiger partial charge in [-0.05, 0) is 61.4 Å². The molecule has 40 heavy (non-hydrogen) atoms. The number of carbonyl (C=O) groups is 1. The Labute approximate surface area is 234 Å². The zero-order valence-electron chi connectivity index (χ0n) is 22.6. The number of nitrogens with two attached hydrogens (primary N) is 1. The SMILES string of the molecule is CCOC(=O)C1=C(C)OC(N)=C(C#N)C1c1ccc(OCCCOc2ccc(OCc3ccccc3)cc2)cc1. The van der Waals surface area contributed by atoms with Crippen molar-refractivity contribution in [1.82, 2.24) is 0 Å². The molecule has 0 aliphatic carbocycles. The lowest BCUT2D eigenvalue weighted by Gasteiger charge is -2.26. The van der Waals surface area contributed by atoms with E-state index in [0.717, 1.165) is 17.1 Å². The third kappa shape index (κ3) is 7.14. The summed E-state index contributed by atoms with van der Waals surface area (Å²) in [5.74, 6) is 1.26. The maximum atomic E-state index is 12.7. The fourth-order valence-electron chi connectivity index (χ4n) is 4.26. The summed E-state index contributed by atoms with van der Waals surface area (Å²) in [6.45, 7) is 5.02. The van der Waals surface area contributed by atoms with Gasteiger partial charge in [0, 0.05) is 6.42 Å².